The van der Waals surface area contributed by atoms with Crippen LogP contribution in [0.2, 0.25) is 0 Å². The van der Waals surface area contributed by atoms with E-state index in [-0.39, 0.29) is 12.0 Å². The van der Waals surface area contributed by atoms with Crippen LogP contribution in [0, 0.1) is 0 Å². The van der Waals surface area contributed by atoms with Crippen LogP contribution in [-0.4, -0.2) is 69.4 Å². The molecule has 1 rings (SSSR count). The average molecular weight is 437 g/mol. The minimum atomic E-state index is -1.01. The van der Waals surface area contributed by atoms with Crippen molar-refractivity contribution in [2.24, 2.45) is 0 Å². The number of allylic oxidation sites excluding steroid dienone is 4. The van der Waals surface area contributed by atoms with Crippen molar-refractivity contribution in [3.8, 4) is 0 Å². The number of amides is 1. The Labute approximate surface area is 187 Å². The zero-order valence-corrected chi connectivity index (χ0v) is 19.8. The third kappa shape index (κ3) is 9.70. The molecular weight excluding hydrogens is 396 g/mol. The van der Waals surface area contributed by atoms with E-state index in [9.17, 15) is 9.59 Å². The van der Waals surface area contributed by atoms with Crippen molar-refractivity contribution in [2.75, 3.05) is 40.5 Å². The molecule has 0 saturated carbocycles. The predicted molar refractivity (Wildman–Crippen MR) is 123 cm³/mol. The van der Waals surface area contributed by atoms with Crippen LogP contribution in [0.1, 0.15) is 52.9 Å². The maximum atomic E-state index is 12.6. The third-order valence-corrected chi connectivity index (χ3v) is 5.23. The largest absolute Gasteiger partial charge is 0.494 e. The molecule has 1 N–H and O–H groups in total. The fourth-order valence-electron chi connectivity index (χ4n) is 3.27. The molecule has 0 radical (unpaired) electrons. The lowest BCUT2D eigenvalue weighted by atomic mass is 9.95. The highest BCUT2D eigenvalue weighted by Gasteiger charge is 2.36. The van der Waals surface area contributed by atoms with Gasteiger partial charge in [0.05, 0.1) is 13.2 Å². The molecule has 0 aliphatic heterocycles. The summed E-state index contributed by atoms with van der Waals surface area (Å²) in [7, 11) is 3.64. The second-order valence-corrected chi connectivity index (χ2v) is 7.90. The van der Waals surface area contributed by atoms with Crippen molar-refractivity contribution in [3.05, 3.63) is 35.6 Å². The standard InChI is InChI=1S/C24H40N2O5/c1-6-8-15-31-24(3,23(28)29-7-2)17-20-10-9-11-22(13-12-20)30-16-14-21(18-25-4)26(5)19-27/h10-13,19,21,25H,6-9,14-18H2,1-5H3/t21-,24+/m1/s1. The van der Waals surface area contributed by atoms with Crippen LogP contribution in [0.4, 0.5) is 0 Å². The first-order chi connectivity index (χ1) is 14.9. The van der Waals surface area contributed by atoms with Gasteiger partial charge in [0.1, 0.15) is 5.76 Å². The van der Waals surface area contributed by atoms with E-state index in [1.165, 1.54) is 0 Å². The molecule has 0 unspecified atom stereocenters. The molecule has 0 bridgehead atoms. The van der Waals surface area contributed by atoms with Gasteiger partial charge in [-0.15, -0.1) is 0 Å². The Balaban J connectivity index is 2.67. The van der Waals surface area contributed by atoms with Gasteiger partial charge in [0.15, 0.2) is 5.60 Å². The molecule has 7 nitrogen and oxygen atoms in total. The third-order valence-electron chi connectivity index (χ3n) is 5.23. The van der Waals surface area contributed by atoms with Crippen molar-refractivity contribution in [2.45, 2.75) is 64.5 Å². The number of likely N-dealkylation sites (N-methyl/N-ethyl adjacent to an activating group) is 2. The summed E-state index contributed by atoms with van der Waals surface area (Å²) in [5, 5.41) is 3.10. The maximum absolute atomic E-state index is 12.6. The van der Waals surface area contributed by atoms with E-state index in [0.29, 0.717) is 39.2 Å². The summed E-state index contributed by atoms with van der Waals surface area (Å²) in [5.41, 5.74) is 0.00242. The Morgan fingerprint density at radius 3 is 2.71 bits per heavy atom. The normalized spacial score (nSPS) is 16.4. The van der Waals surface area contributed by atoms with E-state index in [0.717, 1.165) is 37.0 Å². The fraction of sp³-hybridized carbons (Fsp3) is 0.667. The summed E-state index contributed by atoms with van der Waals surface area (Å²) in [6.07, 6.45) is 12.6. The SMILES string of the molecule is CCCCO[C@@](C)(CC1=CCC=C(OCC[C@H](CNC)N(C)C=O)C=C1)C(=O)OCC. The first-order valence-corrected chi connectivity index (χ1v) is 11.2. The number of hydrogen-bond donors (Lipinski definition) is 1. The molecule has 0 aromatic rings. The van der Waals surface area contributed by atoms with Crippen molar-refractivity contribution >= 4 is 12.4 Å². The Hall–Kier alpha value is -2.12. The number of esters is 1. The van der Waals surface area contributed by atoms with Gasteiger partial charge in [-0.3, -0.25) is 4.79 Å². The van der Waals surface area contributed by atoms with Crippen molar-refractivity contribution in [3.63, 3.8) is 0 Å². The van der Waals surface area contributed by atoms with Crippen LogP contribution in [0.3, 0.4) is 0 Å². The van der Waals surface area contributed by atoms with Crippen LogP contribution in [0.15, 0.2) is 35.6 Å². The number of hydrogen-bond acceptors (Lipinski definition) is 6. The van der Waals surface area contributed by atoms with Gasteiger partial charge in [0.2, 0.25) is 6.41 Å². The maximum Gasteiger partial charge on any atom is 0.338 e. The van der Waals surface area contributed by atoms with E-state index in [2.05, 4.69) is 18.3 Å². The lowest BCUT2D eigenvalue weighted by Crippen LogP contribution is -2.40. The van der Waals surface area contributed by atoms with Gasteiger partial charge in [-0.25, -0.2) is 4.79 Å². The van der Waals surface area contributed by atoms with Crippen LogP contribution < -0.4 is 5.32 Å². The lowest BCUT2D eigenvalue weighted by molar-refractivity contribution is -0.170. The molecular formula is C24H40N2O5. The smallest absolute Gasteiger partial charge is 0.338 e. The second-order valence-electron chi connectivity index (χ2n) is 7.90. The van der Waals surface area contributed by atoms with Crippen molar-refractivity contribution in [1.29, 1.82) is 0 Å². The Morgan fingerprint density at radius 2 is 2.06 bits per heavy atom. The van der Waals surface area contributed by atoms with Gasteiger partial charge in [-0.1, -0.05) is 25.5 Å². The Kier molecular flexibility index (Phi) is 12.9. The zero-order chi connectivity index (χ0) is 23.1. The highest BCUT2D eigenvalue weighted by atomic mass is 16.6. The van der Waals surface area contributed by atoms with Crippen LogP contribution in [0.5, 0.6) is 0 Å². The molecule has 1 aliphatic rings. The average Bonchev–Trinajstić information content (AvgIpc) is 2.98. The molecule has 1 aliphatic carbocycles. The van der Waals surface area contributed by atoms with Gasteiger partial charge in [0, 0.05) is 39.1 Å². The number of unbranched alkanes of at least 4 members (excludes halogenated alkanes) is 1. The molecule has 2 atom stereocenters. The molecule has 0 heterocycles. The van der Waals surface area contributed by atoms with Gasteiger partial charge in [-0.2, -0.15) is 0 Å². The summed E-state index contributed by atoms with van der Waals surface area (Å²) in [5.74, 6) is 0.455. The molecule has 0 saturated heterocycles. The van der Waals surface area contributed by atoms with E-state index >= 15 is 0 Å². The topological polar surface area (TPSA) is 77.1 Å². The van der Waals surface area contributed by atoms with E-state index < -0.39 is 5.60 Å². The monoisotopic (exact) mass is 436 g/mol. The molecule has 0 spiro atoms. The molecule has 176 valence electrons. The summed E-state index contributed by atoms with van der Waals surface area (Å²) < 4.78 is 17.2. The van der Waals surface area contributed by atoms with Crippen LogP contribution >= 0.6 is 0 Å². The van der Waals surface area contributed by atoms with E-state index in [1.807, 2.05) is 25.3 Å². The molecule has 0 aromatic heterocycles. The number of nitrogens with one attached hydrogen (secondary N) is 1. The van der Waals surface area contributed by atoms with Crippen molar-refractivity contribution in [1.82, 2.24) is 10.2 Å². The molecule has 0 fully saturated rings. The van der Waals surface area contributed by atoms with Gasteiger partial charge >= 0.3 is 5.97 Å². The van der Waals surface area contributed by atoms with Gasteiger partial charge in [-0.05, 0) is 51.5 Å². The van der Waals surface area contributed by atoms with Crippen LogP contribution in [0.25, 0.3) is 0 Å². The molecule has 1 amide bonds. The van der Waals surface area contributed by atoms with E-state index in [4.69, 9.17) is 14.2 Å². The number of nitrogens with zero attached hydrogens (tertiary/aromatic N) is 1. The first-order valence-electron chi connectivity index (χ1n) is 11.2. The summed E-state index contributed by atoms with van der Waals surface area (Å²) >= 11 is 0. The second kappa shape index (κ2) is 14.8. The summed E-state index contributed by atoms with van der Waals surface area (Å²) in [6.45, 7) is 7.77. The zero-order valence-electron chi connectivity index (χ0n) is 19.8. The molecule has 7 heteroatoms. The highest BCUT2D eigenvalue weighted by molar-refractivity contribution is 5.79. The van der Waals surface area contributed by atoms with E-state index in [1.54, 1.807) is 25.8 Å². The lowest BCUT2D eigenvalue weighted by Gasteiger charge is -2.28. The summed E-state index contributed by atoms with van der Waals surface area (Å²) in [6, 6.07) is 0.0806. The molecule has 0 aromatic carbocycles. The van der Waals surface area contributed by atoms with Crippen molar-refractivity contribution < 1.29 is 23.8 Å². The first kappa shape index (κ1) is 26.9. The predicted octanol–water partition coefficient (Wildman–Crippen LogP) is 3.37. The number of carbonyl (C=O) groups excluding carboxylic acids is 2. The van der Waals surface area contributed by atoms with Gasteiger partial charge in [0.25, 0.3) is 0 Å². The number of ether oxygens (including phenoxy) is 3. The number of carbonyl (C=O) groups is 2. The minimum Gasteiger partial charge on any atom is -0.494 e. The fourth-order valence-corrected chi connectivity index (χ4v) is 3.27. The summed E-state index contributed by atoms with van der Waals surface area (Å²) in [4.78, 5) is 25.2. The Bertz CT molecular complexity index is 644. The highest BCUT2D eigenvalue weighted by Crippen LogP contribution is 2.26. The number of rotatable bonds is 16. The quantitative estimate of drug-likeness (QED) is 0.227. The minimum absolute atomic E-state index is 0.0806. The molecule has 31 heavy (non-hydrogen) atoms. The Morgan fingerprint density at radius 1 is 1.29 bits per heavy atom. The van der Waals surface area contributed by atoms with Gasteiger partial charge < -0.3 is 24.4 Å². The van der Waals surface area contributed by atoms with Crippen LogP contribution in [-0.2, 0) is 23.8 Å².